The van der Waals surface area contributed by atoms with Crippen molar-refractivity contribution in [1.82, 2.24) is 9.55 Å². The van der Waals surface area contributed by atoms with Gasteiger partial charge in [-0.15, -0.1) is 0 Å². The number of imidazole rings is 1. The lowest BCUT2D eigenvalue weighted by Gasteiger charge is -2.07. The van der Waals surface area contributed by atoms with Gasteiger partial charge in [0.25, 0.3) is 0 Å². The molecule has 3 N–H and O–H groups in total. The number of nitrogens with two attached hydrogens (primary N) is 1. The molecule has 0 aliphatic heterocycles. The first kappa shape index (κ1) is 15.8. The van der Waals surface area contributed by atoms with Crippen LogP contribution in [-0.2, 0) is 7.05 Å². The van der Waals surface area contributed by atoms with Crippen LogP contribution in [0.3, 0.4) is 0 Å². The zero-order valence-electron chi connectivity index (χ0n) is 10.1. The average Bonchev–Trinajstić information content (AvgIpc) is 2.72. The van der Waals surface area contributed by atoms with Crippen molar-refractivity contribution in [3.8, 4) is 0 Å². The molecule has 0 radical (unpaired) electrons. The third-order valence-electron chi connectivity index (χ3n) is 2.75. The Labute approximate surface area is 145 Å². The predicted molar refractivity (Wildman–Crippen MR) is 93.7 cm³/mol. The number of aryl methyl sites for hydroxylation is 1. The number of fused-ring (bicyclic) bond motifs is 1. The number of hydrogen-bond donors (Lipinski definition) is 2. The Kier molecular flexibility index (Phi) is 5.33. The molecular weight excluding hydrogens is 508 g/mol. The zero-order chi connectivity index (χ0) is 14.2. The molecule has 0 saturated heterocycles. The van der Waals surface area contributed by atoms with E-state index >= 15 is 0 Å². The molecule has 19 heavy (non-hydrogen) atoms. The van der Waals surface area contributed by atoms with Gasteiger partial charge in [0, 0.05) is 22.5 Å². The van der Waals surface area contributed by atoms with E-state index in [1.54, 1.807) is 0 Å². The number of rotatable bonds is 4. The molecule has 1 aromatic heterocycles. The van der Waals surface area contributed by atoms with E-state index in [1.165, 1.54) is 0 Å². The van der Waals surface area contributed by atoms with Crippen LogP contribution in [0.15, 0.2) is 17.9 Å². The van der Waals surface area contributed by atoms with Crippen LogP contribution < -0.4 is 11.1 Å². The molecule has 2 rings (SSSR count). The Bertz CT molecular complexity index is 623. The first-order valence-electron chi connectivity index (χ1n) is 5.61. The van der Waals surface area contributed by atoms with Gasteiger partial charge in [-0.1, -0.05) is 0 Å². The van der Waals surface area contributed by atoms with Crippen molar-refractivity contribution in [3.63, 3.8) is 0 Å². The highest BCUT2D eigenvalue weighted by Crippen LogP contribution is 2.43. The van der Waals surface area contributed by atoms with Crippen molar-refractivity contribution in [1.29, 1.82) is 0 Å². The van der Waals surface area contributed by atoms with Gasteiger partial charge in [-0.2, -0.15) is 0 Å². The lowest BCUT2D eigenvalue weighted by atomic mass is 10.3. The van der Waals surface area contributed by atoms with Crippen LogP contribution >= 0.6 is 63.7 Å². The molecule has 0 fully saturated rings. The van der Waals surface area contributed by atoms with Crippen molar-refractivity contribution in [2.24, 2.45) is 12.8 Å². The van der Waals surface area contributed by atoms with E-state index in [9.17, 15) is 0 Å². The number of nitrogens with one attached hydrogen (secondary N) is 1. The first-order chi connectivity index (χ1) is 8.99. The van der Waals surface area contributed by atoms with E-state index in [0.717, 1.165) is 47.8 Å². The fraction of sp³-hybridized carbons (Fsp3) is 0.364. The second-order valence-electron chi connectivity index (χ2n) is 4.02. The Morgan fingerprint density at radius 2 is 1.74 bits per heavy atom. The van der Waals surface area contributed by atoms with Gasteiger partial charge < -0.3 is 15.6 Å². The molecule has 0 bridgehead atoms. The number of hydrogen-bond acceptors (Lipinski definition) is 3. The van der Waals surface area contributed by atoms with E-state index in [1.807, 2.05) is 11.6 Å². The summed E-state index contributed by atoms with van der Waals surface area (Å²) in [5, 5.41) is 3.30. The molecule has 0 unspecified atom stereocenters. The molecule has 2 aromatic rings. The molecule has 8 heteroatoms. The molecule has 0 aliphatic rings. The van der Waals surface area contributed by atoms with Gasteiger partial charge in [0.2, 0.25) is 5.95 Å². The number of aromatic nitrogens is 2. The van der Waals surface area contributed by atoms with Crippen molar-refractivity contribution in [2.45, 2.75) is 6.42 Å². The Morgan fingerprint density at radius 3 is 2.37 bits per heavy atom. The van der Waals surface area contributed by atoms with Gasteiger partial charge in [0.1, 0.15) is 5.52 Å². The smallest absolute Gasteiger partial charge is 0.203 e. The molecule has 104 valence electrons. The minimum absolute atomic E-state index is 0.668. The van der Waals surface area contributed by atoms with E-state index in [0.29, 0.717) is 6.54 Å². The lowest BCUT2D eigenvalue weighted by Crippen LogP contribution is -2.11. The van der Waals surface area contributed by atoms with E-state index in [-0.39, 0.29) is 0 Å². The fourth-order valence-electron chi connectivity index (χ4n) is 1.76. The topological polar surface area (TPSA) is 55.9 Å². The number of anilines is 1. The fourth-order valence-corrected chi connectivity index (χ4v) is 4.19. The summed E-state index contributed by atoms with van der Waals surface area (Å²) in [5.41, 5.74) is 7.43. The van der Waals surface area contributed by atoms with Gasteiger partial charge in [0.05, 0.1) is 14.5 Å². The first-order valence-corrected chi connectivity index (χ1v) is 8.78. The highest BCUT2D eigenvalue weighted by Gasteiger charge is 2.19. The summed E-state index contributed by atoms with van der Waals surface area (Å²) in [6.07, 6.45) is 0.916. The van der Waals surface area contributed by atoms with Crippen LogP contribution in [0.1, 0.15) is 6.42 Å². The maximum atomic E-state index is 5.50. The van der Waals surface area contributed by atoms with E-state index < -0.39 is 0 Å². The zero-order valence-corrected chi connectivity index (χ0v) is 16.4. The summed E-state index contributed by atoms with van der Waals surface area (Å²) in [4.78, 5) is 4.63. The summed E-state index contributed by atoms with van der Waals surface area (Å²) >= 11 is 14.3. The molecule has 0 saturated carbocycles. The quantitative estimate of drug-likeness (QED) is 0.358. The van der Waals surface area contributed by atoms with Crippen LogP contribution in [0.5, 0.6) is 0 Å². The molecular formula is C11H12Br4N4. The number of halogens is 4. The predicted octanol–water partition coefficient (Wildman–Crippen LogP) is 4.38. The summed E-state index contributed by atoms with van der Waals surface area (Å²) in [5.74, 6) is 0.829. The molecule has 0 spiro atoms. The van der Waals surface area contributed by atoms with Crippen LogP contribution in [0.25, 0.3) is 11.0 Å². The molecule has 0 atom stereocenters. The van der Waals surface area contributed by atoms with Crippen LogP contribution in [0.2, 0.25) is 0 Å². The van der Waals surface area contributed by atoms with Gasteiger partial charge in [-0.25, -0.2) is 4.98 Å². The van der Waals surface area contributed by atoms with Crippen molar-refractivity contribution >= 4 is 80.7 Å². The molecule has 0 aliphatic carbocycles. The lowest BCUT2D eigenvalue weighted by molar-refractivity contribution is 0.847. The van der Waals surface area contributed by atoms with Crippen LogP contribution in [0.4, 0.5) is 5.95 Å². The van der Waals surface area contributed by atoms with Gasteiger partial charge in [-0.3, -0.25) is 0 Å². The summed E-state index contributed by atoms with van der Waals surface area (Å²) in [6, 6.07) is 0. The highest BCUT2D eigenvalue weighted by atomic mass is 79.9. The normalized spacial score (nSPS) is 11.3. The Hall–Kier alpha value is 0.370. The van der Waals surface area contributed by atoms with Crippen LogP contribution in [-0.4, -0.2) is 22.6 Å². The minimum Gasteiger partial charge on any atom is -0.356 e. The molecule has 1 aromatic carbocycles. The van der Waals surface area contributed by atoms with Crippen LogP contribution in [0, 0.1) is 0 Å². The maximum Gasteiger partial charge on any atom is 0.203 e. The van der Waals surface area contributed by atoms with Gasteiger partial charge in [0.15, 0.2) is 0 Å². The van der Waals surface area contributed by atoms with E-state index in [4.69, 9.17) is 5.73 Å². The second kappa shape index (κ2) is 6.43. The highest BCUT2D eigenvalue weighted by molar-refractivity contribution is 9.15. The SMILES string of the molecule is Cn1c(NCCCN)nc2c(Br)c(Br)c(Br)c(Br)c21. The summed E-state index contributed by atoms with van der Waals surface area (Å²) in [6.45, 7) is 1.48. The average molecular weight is 520 g/mol. The van der Waals surface area contributed by atoms with Crippen molar-refractivity contribution < 1.29 is 0 Å². The second-order valence-corrected chi connectivity index (χ2v) is 7.19. The van der Waals surface area contributed by atoms with Crippen molar-refractivity contribution in [3.05, 3.63) is 17.9 Å². The number of nitrogens with zero attached hydrogens (tertiary/aromatic N) is 2. The Balaban J connectivity index is 2.57. The number of benzene rings is 1. The largest absolute Gasteiger partial charge is 0.356 e. The van der Waals surface area contributed by atoms with E-state index in [2.05, 4.69) is 74.0 Å². The summed E-state index contributed by atoms with van der Waals surface area (Å²) in [7, 11) is 1.98. The van der Waals surface area contributed by atoms with Gasteiger partial charge >= 0.3 is 0 Å². The van der Waals surface area contributed by atoms with Crippen molar-refractivity contribution in [2.75, 3.05) is 18.4 Å². The Morgan fingerprint density at radius 1 is 1.11 bits per heavy atom. The standard InChI is InChI=1S/C11H12Br4N4/c1-19-10-8(15)6(13)5(12)7(14)9(10)18-11(19)17-4-2-3-16/h2-4,16H2,1H3,(H,17,18). The minimum atomic E-state index is 0.668. The molecule has 4 nitrogen and oxygen atoms in total. The third kappa shape index (κ3) is 2.88. The third-order valence-corrected chi connectivity index (χ3v) is 7.48. The monoisotopic (exact) mass is 516 g/mol. The maximum absolute atomic E-state index is 5.50. The van der Waals surface area contributed by atoms with Gasteiger partial charge in [-0.05, 0) is 76.7 Å². The molecule has 1 heterocycles. The summed E-state index contributed by atoms with van der Waals surface area (Å²) < 4.78 is 5.83. The molecule has 0 amide bonds.